The highest BCUT2D eigenvalue weighted by molar-refractivity contribution is 9.08. The van der Waals surface area contributed by atoms with Gasteiger partial charge in [-0.25, -0.2) is 4.79 Å². The fourth-order valence-corrected chi connectivity index (χ4v) is 2.16. The Hall–Kier alpha value is -1.36. The maximum absolute atomic E-state index is 11.9. The SMILES string of the molecule is CC(C)COC(=O)n1ncc2c(CBr)cccc21. The Kier molecular flexibility index (Phi) is 4.01. The number of hydrogen-bond acceptors (Lipinski definition) is 3. The molecule has 1 aromatic carbocycles. The molecular weight excluding hydrogens is 296 g/mol. The Morgan fingerprint density at radius 3 is 2.94 bits per heavy atom. The van der Waals surface area contributed by atoms with E-state index >= 15 is 0 Å². The van der Waals surface area contributed by atoms with Crippen molar-refractivity contribution in [1.29, 1.82) is 0 Å². The van der Waals surface area contributed by atoms with E-state index in [9.17, 15) is 4.79 Å². The van der Waals surface area contributed by atoms with E-state index in [0.717, 1.165) is 21.8 Å². The number of aromatic nitrogens is 2. The van der Waals surface area contributed by atoms with Crippen molar-refractivity contribution in [2.75, 3.05) is 6.61 Å². The van der Waals surface area contributed by atoms with E-state index in [4.69, 9.17) is 4.74 Å². The van der Waals surface area contributed by atoms with Crippen LogP contribution in [0.4, 0.5) is 4.79 Å². The first-order valence-corrected chi connectivity index (χ1v) is 6.94. The zero-order valence-corrected chi connectivity index (χ0v) is 12.0. The summed E-state index contributed by atoms with van der Waals surface area (Å²) in [5.41, 5.74) is 1.89. The molecule has 0 atom stereocenters. The topological polar surface area (TPSA) is 44.1 Å². The van der Waals surface area contributed by atoms with Crippen molar-refractivity contribution in [3.63, 3.8) is 0 Å². The summed E-state index contributed by atoms with van der Waals surface area (Å²) in [7, 11) is 0. The molecule has 0 bridgehead atoms. The number of nitrogens with zero attached hydrogens (tertiary/aromatic N) is 2. The third-order valence-electron chi connectivity index (χ3n) is 2.56. The number of hydrogen-bond donors (Lipinski definition) is 0. The fraction of sp³-hybridized carbons (Fsp3) is 0.385. The zero-order valence-electron chi connectivity index (χ0n) is 10.4. The van der Waals surface area contributed by atoms with Crippen molar-refractivity contribution in [2.45, 2.75) is 19.2 Å². The van der Waals surface area contributed by atoms with Crippen LogP contribution in [0.3, 0.4) is 0 Å². The minimum atomic E-state index is -0.426. The molecular formula is C13H15BrN2O2. The molecule has 0 saturated carbocycles. The van der Waals surface area contributed by atoms with Gasteiger partial charge in [-0.2, -0.15) is 9.78 Å². The summed E-state index contributed by atoms with van der Waals surface area (Å²) < 4.78 is 6.49. The molecule has 5 heteroatoms. The molecule has 0 aliphatic heterocycles. The minimum absolute atomic E-state index is 0.314. The lowest BCUT2D eigenvalue weighted by molar-refractivity contribution is 0.132. The predicted octanol–water partition coefficient (Wildman–Crippen LogP) is 3.57. The zero-order chi connectivity index (χ0) is 13.1. The van der Waals surface area contributed by atoms with Crippen LogP contribution in [0.1, 0.15) is 19.4 Å². The van der Waals surface area contributed by atoms with E-state index in [-0.39, 0.29) is 0 Å². The first-order chi connectivity index (χ1) is 8.63. The van der Waals surface area contributed by atoms with Gasteiger partial charge in [-0.1, -0.05) is 41.9 Å². The molecule has 0 amide bonds. The summed E-state index contributed by atoms with van der Waals surface area (Å²) in [6.45, 7) is 4.40. The van der Waals surface area contributed by atoms with Crippen LogP contribution in [0, 0.1) is 5.92 Å². The molecule has 18 heavy (non-hydrogen) atoms. The fourth-order valence-electron chi connectivity index (χ4n) is 1.67. The average Bonchev–Trinajstić information content (AvgIpc) is 2.79. The van der Waals surface area contributed by atoms with Crippen LogP contribution in [0.25, 0.3) is 10.9 Å². The van der Waals surface area contributed by atoms with E-state index in [1.165, 1.54) is 4.68 Å². The maximum Gasteiger partial charge on any atom is 0.435 e. The quantitative estimate of drug-likeness (QED) is 0.814. The first-order valence-electron chi connectivity index (χ1n) is 5.82. The lowest BCUT2D eigenvalue weighted by atomic mass is 10.1. The number of ether oxygens (including phenoxy) is 1. The van der Waals surface area contributed by atoms with E-state index in [0.29, 0.717) is 12.5 Å². The van der Waals surface area contributed by atoms with Gasteiger partial charge in [0.15, 0.2) is 0 Å². The summed E-state index contributed by atoms with van der Waals surface area (Å²) in [6, 6.07) is 5.78. The van der Waals surface area contributed by atoms with Gasteiger partial charge in [-0.3, -0.25) is 0 Å². The second-order valence-corrected chi connectivity index (χ2v) is 5.07. The molecule has 96 valence electrons. The molecule has 0 N–H and O–H groups in total. The van der Waals surface area contributed by atoms with Gasteiger partial charge >= 0.3 is 6.09 Å². The van der Waals surface area contributed by atoms with Gasteiger partial charge in [0.25, 0.3) is 0 Å². The number of carbonyl (C=O) groups excluding carboxylic acids is 1. The average molecular weight is 311 g/mol. The van der Waals surface area contributed by atoms with Crippen LogP contribution in [0.2, 0.25) is 0 Å². The van der Waals surface area contributed by atoms with Gasteiger partial charge < -0.3 is 4.74 Å². The van der Waals surface area contributed by atoms with Crippen LogP contribution in [-0.4, -0.2) is 22.5 Å². The van der Waals surface area contributed by atoms with Crippen molar-refractivity contribution >= 4 is 32.9 Å². The Morgan fingerprint density at radius 1 is 1.50 bits per heavy atom. The van der Waals surface area contributed by atoms with Crippen molar-refractivity contribution in [3.05, 3.63) is 30.0 Å². The molecule has 0 fully saturated rings. The predicted molar refractivity (Wildman–Crippen MR) is 73.9 cm³/mol. The van der Waals surface area contributed by atoms with Crippen LogP contribution in [0.15, 0.2) is 24.4 Å². The van der Waals surface area contributed by atoms with Crippen molar-refractivity contribution in [2.24, 2.45) is 5.92 Å². The van der Waals surface area contributed by atoms with E-state index < -0.39 is 6.09 Å². The van der Waals surface area contributed by atoms with Gasteiger partial charge in [0.05, 0.1) is 18.3 Å². The summed E-state index contributed by atoms with van der Waals surface area (Å²) in [4.78, 5) is 11.9. The summed E-state index contributed by atoms with van der Waals surface area (Å²) >= 11 is 3.42. The van der Waals surface area contributed by atoms with Crippen LogP contribution < -0.4 is 0 Å². The minimum Gasteiger partial charge on any atom is -0.448 e. The summed E-state index contributed by atoms with van der Waals surface area (Å²) in [5.74, 6) is 0.314. The smallest absolute Gasteiger partial charge is 0.435 e. The monoisotopic (exact) mass is 310 g/mol. The molecule has 0 spiro atoms. The molecule has 0 unspecified atom stereocenters. The number of rotatable bonds is 3. The number of fused-ring (bicyclic) bond motifs is 1. The Balaban J connectivity index is 2.32. The molecule has 0 radical (unpaired) electrons. The third kappa shape index (κ3) is 2.56. The normalized spacial score (nSPS) is 11.1. The lowest BCUT2D eigenvalue weighted by Gasteiger charge is -2.07. The molecule has 0 aliphatic carbocycles. The number of benzene rings is 1. The van der Waals surface area contributed by atoms with Gasteiger partial charge in [-0.15, -0.1) is 0 Å². The number of halogens is 1. The van der Waals surface area contributed by atoms with E-state index in [1.807, 2.05) is 32.0 Å². The lowest BCUT2D eigenvalue weighted by Crippen LogP contribution is -2.17. The number of carbonyl (C=O) groups is 1. The second kappa shape index (κ2) is 5.52. The standard InChI is InChI=1S/C13H15BrN2O2/c1-9(2)8-18-13(17)16-12-5-3-4-10(6-14)11(12)7-15-16/h3-5,7,9H,6,8H2,1-2H3. The number of alkyl halides is 1. The second-order valence-electron chi connectivity index (χ2n) is 4.51. The molecule has 1 aromatic heterocycles. The summed E-state index contributed by atoms with van der Waals surface area (Å²) in [5, 5.41) is 5.80. The van der Waals surface area contributed by atoms with E-state index in [2.05, 4.69) is 21.0 Å². The van der Waals surface area contributed by atoms with Crippen LogP contribution in [0.5, 0.6) is 0 Å². The molecule has 4 nitrogen and oxygen atoms in total. The molecule has 2 rings (SSSR count). The Labute approximate surface area is 114 Å². The van der Waals surface area contributed by atoms with Crippen molar-refractivity contribution < 1.29 is 9.53 Å². The van der Waals surface area contributed by atoms with Crippen molar-refractivity contribution in [1.82, 2.24) is 9.78 Å². The largest absolute Gasteiger partial charge is 0.448 e. The highest BCUT2D eigenvalue weighted by atomic mass is 79.9. The van der Waals surface area contributed by atoms with Gasteiger partial charge in [0.1, 0.15) is 0 Å². The van der Waals surface area contributed by atoms with Gasteiger partial charge in [0.2, 0.25) is 0 Å². The van der Waals surface area contributed by atoms with Crippen LogP contribution in [-0.2, 0) is 10.1 Å². The Bertz CT molecular complexity index is 563. The summed E-state index contributed by atoms with van der Waals surface area (Å²) in [6.07, 6.45) is 1.27. The maximum atomic E-state index is 11.9. The highest BCUT2D eigenvalue weighted by Gasteiger charge is 2.13. The molecule has 2 aromatic rings. The molecule has 0 saturated heterocycles. The van der Waals surface area contributed by atoms with E-state index in [1.54, 1.807) is 6.20 Å². The molecule has 0 aliphatic rings. The Morgan fingerprint density at radius 2 is 2.28 bits per heavy atom. The first kappa shape index (κ1) is 13.1. The van der Waals surface area contributed by atoms with Crippen molar-refractivity contribution in [3.8, 4) is 0 Å². The highest BCUT2D eigenvalue weighted by Crippen LogP contribution is 2.20. The molecule has 1 heterocycles. The van der Waals surface area contributed by atoms with Crippen LogP contribution >= 0.6 is 15.9 Å². The third-order valence-corrected chi connectivity index (χ3v) is 3.17. The van der Waals surface area contributed by atoms with Gasteiger partial charge in [-0.05, 0) is 17.5 Å². The van der Waals surface area contributed by atoms with Gasteiger partial charge in [0, 0.05) is 10.7 Å².